The lowest BCUT2D eigenvalue weighted by molar-refractivity contribution is 0.645. The smallest absolute Gasteiger partial charge is 0.0258 e. The van der Waals surface area contributed by atoms with E-state index in [0.29, 0.717) is 6.54 Å². The van der Waals surface area contributed by atoms with Crippen LogP contribution >= 0.6 is 0 Å². The number of nitrogens with one attached hydrogen (secondary N) is 1. The molecule has 4 heteroatoms. The van der Waals surface area contributed by atoms with Crippen molar-refractivity contribution in [3.63, 3.8) is 0 Å². The zero-order valence-electron chi connectivity index (χ0n) is 6.38. The minimum atomic E-state index is 0.627. The Morgan fingerprint density at radius 1 is 1.50 bits per heavy atom. The third-order valence-corrected chi connectivity index (χ3v) is 1.17. The first kappa shape index (κ1) is 9.27. The summed E-state index contributed by atoms with van der Waals surface area (Å²) in [6, 6.07) is 0. The minimum absolute atomic E-state index is 0.627. The molecule has 0 aliphatic heterocycles. The molecule has 4 nitrogen and oxygen atoms in total. The fourth-order valence-corrected chi connectivity index (χ4v) is 0.654. The van der Waals surface area contributed by atoms with Crippen LogP contribution in [0.5, 0.6) is 0 Å². The summed E-state index contributed by atoms with van der Waals surface area (Å²) in [5.41, 5.74) is 7.91. The maximum Gasteiger partial charge on any atom is 0.0258 e. The van der Waals surface area contributed by atoms with Crippen molar-refractivity contribution in [1.82, 2.24) is 5.32 Å². The molecule has 0 saturated heterocycles. The lowest BCUT2D eigenvalue weighted by Gasteiger charge is -1.97. The summed E-state index contributed by atoms with van der Waals surface area (Å²) >= 11 is 0. The predicted octanol–water partition coefficient (Wildman–Crippen LogP) is 1.69. The van der Waals surface area contributed by atoms with E-state index in [1.54, 1.807) is 0 Å². The van der Waals surface area contributed by atoms with E-state index in [1.165, 1.54) is 0 Å². The first-order valence-corrected chi connectivity index (χ1v) is 3.63. The van der Waals surface area contributed by atoms with Gasteiger partial charge in [0.15, 0.2) is 0 Å². The van der Waals surface area contributed by atoms with Crippen LogP contribution in [0.1, 0.15) is 19.8 Å². The zero-order chi connectivity index (χ0) is 7.66. The largest absolute Gasteiger partial charge is 0.317 e. The van der Waals surface area contributed by atoms with Crippen molar-refractivity contribution in [3.05, 3.63) is 10.4 Å². The van der Waals surface area contributed by atoms with Gasteiger partial charge in [0.05, 0.1) is 0 Å². The monoisotopic (exact) mass is 142 g/mol. The van der Waals surface area contributed by atoms with E-state index >= 15 is 0 Å². The van der Waals surface area contributed by atoms with Crippen molar-refractivity contribution >= 4 is 0 Å². The molecule has 0 atom stereocenters. The van der Waals surface area contributed by atoms with E-state index in [4.69, 9.17) is 5.53 Å². The molecular formula is C6H14N4. The van der Waals surface area contributed by atoms with Crippen LogP contribution in [0, 0.1) is 0 Å². The highest BCUT2D eigenvalue weighted by molar-refractivity contribution is 4.49. The van der Waals surface area contributed by atoms with Crippen LogP contribution in [0.2, 0.25) is 0 Å². The first-order chi connectivity index (χ1) is 4.91. The van der Waals surface area contributed by atoms with Crippen LogP contribution in [0.3, 0.4) is 0 Å². The van der Waals surface area contributed by atoms with Gasteiger partial charge in [-0.05, 0) is 31.5 Å². The fraction of sp³-hybridized carbons (Fsp3) is 1.00. The van der Waals surface area contributed by atoms with Gasteiger partial charge in [-0.15, -0.1) is 0 Å². The molecule has 0 heterocycles. The third-order valence-electron chi connectivity index (χ3n) is 1.17. The Bertz CT molecular complexity index is 106. The number of rotatable bonds is 6. The second-order valence-corrected chi connectivity index (χ2v) is 2.02. The summed E-state index contributed by atoms with van der Waals surface area (Å²) in [6.45, 7) is 4.74. The zero-order valence-corrected chi connectivity index (χ0v) is 6.38. The third kappa shape index (κ3) is 7.27. The van der Waals surface area contributed by atoms with Gasteiger partial charge in [-0.25, -0.2) is 0 Å². The first-order valence-electron chi connectivity index (χ1n) is 3.63. The van der Waals surface area contributed by atoms with Crippen molar-refractivity contribution in [3.8, 4) is 0 Å². The number of hydrogen-bond acceptors (Lipinski definition) is 2. The molecule has 0 saturated carbocycles. The van der Waals surface area contributed by atoms with Gasteiger partial charge in [-0.1, -0.05) is 12.0 Å². The molecule has 0 fully saturated rings. The highest BCUT2D eigenvalue weighted by atomic mass is 15.1. The van der Waals surface area contributed by atoms with Crippen LogP contribution in [0.25, 0.3) is 10.4 Å². The topological polar surface area (TPSA) is 60.8 Å². The number of nitrogens with zero attached hydrogens (tertiary/aromatic N) is 3. The van der Waals surface area contributed by atoms with Crippen LogP contribution in [0.4, 0.5) is 0 Å². The standard InChI is InChI=1S/C6H14N4/c1-2-8-5-3-4-6-9-10-7/h8H,2-6H2,1H3. The predicted molar refractivity (Wildman–Crippen MR) is 41.8 cm³/mol. The van der Waals surface area contributed by atoms with Gasteiger partial charge in [0.1, 0.15) is 0 Å². The van der Waals surface area contributed by atoms with Gasteiger partial charge in [0.2, 0.25) is 0 Å². The van der Waals surface area contributed by atoms with Gasteiger partial charge < -0.3 is 5.32 Å². The highest BCUT2D eigenvalue weighted by Crippen LogP contribution is 1.87. The summed E-state index contributed by atoms with van der Waals surface area (Å²) < 4.78 is 0. The molecule has 58 valence electrons. The van der Waals surface area contributed by atoms with E-state index in [1.807, 2.05) is 0 Å². The molecule has 0 aromatic rings. The molecule has 0 radical (unpaired) electrons. The Balaban J connectivity index is 2.83. The fourth-order valence-electron chi connectivity index (χ4n) is 0.654. The van der Waals surface area contributed by atoms with E-state index in [0.717, 1.165) is 25.9 Å². The maximum atomic E-state index is 7.91. The second-order valence-electron chi connectivity index (χ2n) is 2.02. The summed E-state index contributed by atoms with van der Waals surface area (Å²) in [7, 11) is 0. The van der Waals surface area contributed by atoms with Gasteiger partial charge in [-0.2, -0.15) is 0 Å². The minimum Gasteiger partial charge on any atom is -0.317 e. The van der Waals surface area contributed by atoms with Crippen molar-refractivity contribution in [2.45, 2.75) is 19.8 Å². The Kier molecular flexibility index (Phi) is 7.67. The average Bonchev–Trinajstić information content (AvgIpc) is 1.97. The molecule has 0 rings (SSSR count). The normalized spacial score (nSPS) is 8.90. The average molecular weight is 142 g/mol. The highest BCUT2D eigenvalue weighted by Gasteiger charge is 1.84. The molecule has 0 spiro atoms. The Labute approximate surface area is 61.2 Å². The molecule has 0 aliphatic rings. The van der Waals surface area contributed by atoms with Gasteiger partial charge in [0, 0.05) is 11.5 Å². The summed E-state index contributed by atoms with van der Waals surface area (Å²) in [5.74, 6) is 0. The quantitative estimate of drug-likeness (QED) is 0.261. The Morgan fingerprint density at radius 2 is 2.30 bits per heavy atom. The molecule has 0 aromatic carbocycles. The lowest BCUT2D eigenvalue weighted by atomic mass is 10.3. The van der Waals surface area contributed by atoms with Crippen molar-refractivity contribution < 1.29 is 0 Å². The molecule has 10 heavy (non-hydrogen) atoms. The molecule has 0 unspecified atom stereocenters. The molecule has 1 N–H and O–H groups in total. The van der Waals surface area contributed by atoms with E-state index in [-0.39, 0.29) is 0 Å². The van der Waals surface area contributed by atoms with Crippen LogP contribution in [0.15, 0.2) is 5.11 Å². The van der Waals surface area contributed by atoms with Crippen LogP contribution < -0.4 is 5.32 Å². The Morgan fingerprint density at radius 3 is 2.90 bits per heavy atom. The molecule has 0 amide bonds. The van der Waals surface area contributed by atoms with E-state index in [9.17, 15) is 0 Å². The van der Waals surface area contributed by atoms with E-state index in [2.05, 4.69) is 22.3 Å². The molecule has 0 aromatic heterocycles. The molecular weight excluding hydrogens is 128 g/mol. The van der Waals surface area contributed by atoms with E-state index < -0.39 is 0 Å². The van der Waals surface area contributed by atoms with Gasteiger partial charge in [-0.3, -0.25) is 0 Å². The number of azide groups is 1. The summed E-state index contributed by atoms with van der Waals surface area (Å²) in [4.78, 5) is 2.66. The lowest BCUT2D eigenvalue weighted by Crippen LogP contribution is -2.13. The summed E-state index contributed by atoms with van der Waals surface area (Å²) in [5, 5.41) is 6.61. The van der Waals surface area contributed by atoms with Crippen molar-refractivity contribution in [2.24, 2.45) is 5.11 Å². The second kappa shape index (κ2) is 8.27. The van der Waals surface area contributed by atoms with Gasteiger partial charge >= 0.3 is 0 Å². The van der Waals surface area contributed by atoms with Crippen molar-refractivity contribution in [1.29, 1.82) is 0 Å². The van der Waals surface area contributed by atoms with Gasteiger partial charge in [0.25, 0.3) is 0 Å². The van der Waals surface area contributed by atoms with Crippen LogP contribution in [-0.2, 0) is 0 Å². The number of hydrogen-bond donors (Lipinski definition) is 1. The number of unbranched alkanes of at least 4 members (excludes halogenated alkanes) is 1. The summed E-state index contributed by atoms with van der Waals surface area (Å²) in [6.07, 6.45) is 2.07. The molecule has 0 aliphatic carbocycles. The Hall–Kier alpha value is -0.730. The van der Waals surface area contributed by atoms with Crippen LogP contribution in [-0.4, -0.2) is 19.6 Å². The molecule has 0 bridgehead atoms. The van der Waals surface area contributed by atoms with Crippen molar-refractivity contribution in [2.75, 3.05) is 19.6 Å². The maximum absolute atomic E-state index is 7.91. The SMILES string of the molecule is CCNCCCCN=[N+]=[N-].